The number of nitrogens with zero attached hydrogens (tertiary/aromatic N) is 2. The monoisotopic (exact) mass is 279 g/mol. The van der Waals surface area contributed by atoms with Gasteiger partial charge in [-0.1, -0.05) is 0 Å². The summed E-state index contributed by atoms with van der Waals surface area (Å²) in [6.45, 7) is 0. The van der Waals surface area contributed by atoms with E-state index in [2.05, 4.69) is 15.3 Å². The van der Waals surface area contributed by atoms with Crippen LogP contribution in [0.1, 0.15) is 24.6 Å². The molecule has 0 fully saturated rings. The maximum Gasteiger partial charge on any atom is 0.389 e. The SMILES string of the molecule is CNC(CCC(F)(F)F)c1ncc(OC)nc1OC. The zero-order chi connectivity index (χ0) is 14.5. The smallest absolute Gasteiger partial charge is 0.389 e. The van der Waals surface area contributed by atoms with Crippen LogP contribution in [-0.4, -0.2) is 37.4 Å². The van der Waals surface area contributed by atoms with Gasteiger partial charge in [0, 0.05) is 6.42 Å². The molecule has 108 valence electrons. The van der Waals surface area contributed by atoms with Crippen LogP contribution in [0, 0.1) is 0 Å². The Morgan fingerprint density at radius 2 is 2.00 bits per heavy atom. The van der Waals surface area contributed by atoms with Crippen molar-refractivity contribution >= 4 is 0 Å². The Morgan fingerprint density at radius 3 is 2.47 bits per heavy atom. The molecule has 0 aliphatic carbocycles. The molecule has 19 heavy (non-hydrogen) atoms. The Morgan fingerprint density at radius 1 is 1.32 bits per heavy atom. The topological polar surface area (TPSA) is 56.3 Å². The van der Waals surface area contributed by atoms with Crippen molar-refractivity contribution in [3.8, 4) is 11.8 Å². The average molecular weight is 279 g/mol. The molecular weight excluding hydrogens is 263 g/mol. The number of halogens is 3. The first-order valence-electron chi connectivity index (χ1n) is 5.60. The van der Waals surface area contributed by atoms with Gasteiger partial charge in [-0.15, -0.1) is 0 Å². The largest absolute Gasteiger partial charge is 0.480 e. The number of hydrogen-bond donors (Lipinski definition) is 1. The van der Waals surface area contributed by atoms with E-state index in [1.54, 1.807) is 7.05 Å². The highest BCUT2D eigenvalue weighted by Crippen LogP contribution is 2.30. The molecule has 1 N–H and O–H groups in total. The number of nitrogens with one attached hydrogen (secondary N) is 1. The molecule has 1 atom stereocenters. The van der Waals surface area contributed by atoms with Crippen LogP contribution < -0.4 is 14.8 Å². The van der Waals surface area contributed by atoms with Gasteiger partial charge < -0.3 is 14.8 Å². The van der Waals surface area contributed by atoms with Gasteiger partial charge in [0.05, 0.1) is 26.5 Å². The van der Waals surface area contributed by atoms with Crippen molar-refractivity contribution in [2.45, 2.75) is 25.1 Å². The summed E-state index contributed by atoms with van der Waals surface area (Å²) in [7, 11) is 4.36. The van der Waals surface area contributed by atoms with Gasteiger partial charge in [0.25, 0.3) is 0 Å². The Hall–Kier alpha value is -1.57. The van der Waals surface area contributed by atoms with Crippen LogP contribution in [0.3, 0.4) is 0 Å². The molecule has 1 unspecified atom stereocenters. The summed E-state index contributed by atoms with van der Waals surface area (Å²) in [5.74, 6) is 0.396. The number of methoxy groups -OCH3 is 2. The minimum absolute atomic E-state index is 0.141. The summed E-state index contributed by atoms with van der Waals surface area (Å²) in [4.78, 5) is 8.04. The fourth-order valence-electron chi connectivity index (χ4n) is 1.58. The van der Waals surface area contributed by atoms with Crippen LogP contribution in [0.2, 0.25) is 0 Å². The quantitative estimate of drug-likeness (QED) is 0.864. The predicted octanol–water partition coefficient (Wildman–Crippen LogP) is 2.10. The van der Waals surface area contributed by atoms with Crippen LogP contribution in [0.15, 0.2) is 6.20 Å². The summed E-state index contributed by atoms with van der Waals surface area (Å²) in [5, 5.41) is 2.78. The molecule has 0 aromatic carbocycles. The third kappa shape index (κ3) is 4.55. The molecule has 0 aliphatic rings. The lowest BCUT2D eigenvalue weighted by Gasteiger charge is -2.18. The van der Waals surface area contributed by atoms with E-state index in [1.807, 2.05) is 0 Å². The summed E-state index contributed by atoms with van der Waals surface area (Å²) in [6.07, 6.45) is -3.91. The lowest BCUT2D eigenvalue weighted by molar-refractivity contribution is -0.136. The van der Waals surface area contributed by atoms with Crippen LogP contribution in [0.4, 0.5) is 13.2 Å². The first-order valence-corrected chi connectivity index (χ1v) is 5.60. The van der Waals surface area contributed by atoms with E-state index in [0.29, 0.717) is 5.69 Å². The van der Waals surface area contributed by atoms with Crippen LogP contribution in [0.5, 0.6) is 11.8 Å². The van der Waals surface area contributed by atoms with Crippen molar-refractivity contribution in [1.29, 1.82) is 0 Å². The molecule has 0 radical (unpaired) electrons. The molecule has 0 saturated carbocycles. The third-order valence-electron chi connectivity index (χ3n) is 2.54. The zero-order valence-corrected chi connectivity index (χ0v) is 10.9. The molecular formula is C11H16F3N3O2. The van der Waals surface area contributed by atoms with E-state index in [0.717, 1.165) is 0 Å². The lowest BCUT2D eigenvalue weighted by atomic mass is 10.1. The van der Waals surface area contributed by atoms with Gasteiger partial charge in [-0.2, -0.15) is 18.2 Å². The van der Waals surface area contributed by atoms with Crippen molar-refractivity contribution in [3.05, 3.63) is 11.9 Å². The Bertz CT molecular complexity index is 413. The molecule has 0 saturated heterocycles. The number of alkyl halides is 3. The average Bonchev–Trinajstić information content (AvgIpc) is 2.38. The van der Waals surface area contributed by atoms with E-state index in [4.69, 9.17) is 9.47 Å². The molecule has 0 bridgehead atoms. The normalized spacial score (nSPS) is 13.2. The highest BCUT2D eigenvalue weighted by atomic mass is 19.4. The molecule has 0 amide bonds. The van der Waals surface area contributed by atoms with Crippen molar-refractivity contribution in [3.63, 3.8) is 0 Å². The van der Waals surface area contributed by atoms with Gasteiger partial charge >= 0.3 is 6.18 Å². The summed E-state index contributed by atoms with van der Waals surface area (Å²) >= 11 is 0. The first-order chi connectivity index (χ1) is 8.91. The molecule has 1 rings (SSSR count). The van der Waals surface area contributed by atoms with Gasteiger partial charge in [-0.3, -0.25) is 0 Å². The zero-order valence-electron chi connectivity index (χ0n) is 10.9. The summed E-state index contributed by atoms with van der Waals surface area (Å²) in [5.41, 5.74) is 0.329. The van der Waals surface area contributed by atoms with E-state index < -0.39 is 18.6 Å². The Kier molecular flexibility index (Phi) is 5.34. The summed E-state index contributed by atoms with van der Waals surface area (Å²) < 4.78 is 46.7. The van der Waals surface area contributed by atoms with Crippen LogP contribution in [0.25, 0.3) is 0 Å². The van der Waals surface area contributed by atoms with Gasteiger partial charge in [0.2, 0.25) is 11.8 Å². The molecule has 8 heteroatoms. The predicted molar refractivity (Wildman–Crippen MR) is 62.2 cm³/mol. The molecule has 1 aromatic heterocycles. The highest BCUT2D eigenvalue weighted by molar-refractivity contribution is 5.25. The van der Waals surface area contributed by atoms with Gasteiger partial charge in [-0.25, -0.2) is 4.98 Å². The maximum absolute atomic E-state index is 12.3. The van der Waals surface area contributed by atoms with Crippen LogP contribution in [-0.2, 0) is 0 Å². The van der Waals surface area contributed by atoms with E-state index in [9.17, 15) is 13.2 Å². The minimum Gasteiger partial charge on any atom is -0.480 e. The second kappa shape index (κ2) is 6.55. The second-order valence-corrected chi connectivity index (χ2v) is 3.80. The Balaban J connectivity index is 2.91. The van der Waals surface area contributed by atoms with Crippen LogP contribution >= 0.6 is 0 Å². The standard InChI is InChI=1S/C11H16F3N3O2/c1-15-7(4-5-11(12,13)14)9-10(19-3)17-8(18-2)6-16-9/h6-7,15H,4-5H2,1-3H3. The highest BCUT2D eigenvalue weighted by Gasteiger charge is 2.30. The lowest BCUT2D eigenvalue weighted by Crippen LogP contribution is -2.21. The van der Waals surface area contributed by atoms with Gasteiger partial charge in [-0.05, 0) is 13.5 Å². The number of ether oxygens (including phenoxy) is 2. The van der Waals surface area contributed by atoms with E-state index >= 15 is 0 Å². The maximum atomic E-state index is 12.3. The Labute approximate surface area is 109 Å². The molecule has 0 spiro atoms. The molecule has 0 aliphatic heterocycles. The number of hydrogen-bond acceptors (Lipinski definition) is 5. The molecule has 1 heterocycles. The fraction of sp³-hybridized carbons (Fsp3) is 0.636. The number of rotatable bonds is 6. The first kappa shape index (κ1) is 15.5. The van der Waals surface area contributed by atoms with E-state index in [-0.39, 0.29) is 18.2 Å². The van der Waals surface area contributed by atoms with Gasteiger partial charge in [0.1, 0.15) is 5.69 Å². The molecule has 1 aromatic rings. The second-order valence-electron chi connectivity index (χ2n) is 3.80. The number of aromatic nitrogens is 2. The van der Waals surface area contributed by atoms with E-state index in [1.165, 1.54) is 20.4 Å². The van der Waals surface area contributed by atoms with Crippen molar-refractivity contribution in [2.24, 2.45) is 0 Å². The van der Waals surface area contributed by atoms with Crippen molar-refractivity contribution in [2.75, 3.05) is 21.3 Å². The van der Waals surface area contributed by atoms with Gasteiger partial charge in [0.15, 0.2) is 0 Å². The fourth-order valence-corrected chi connectivity index (χ4v) is 1.58. The summed E-state index contributed by atoms with van der Waals surface area (Å²) in [6, 6.07) is -0.588. The van der Waals surface area contributed by atoms with Crippen molar-refractivity contribution < 1.29 is 22.6 Å². The van der Waals surface area contributed by atoms with Crippen molar-refractivity contribution in [1.82, 2.24) is 15.3 Å². The third-order valence-corrected chi connectivity index (χ3v) is 2.54. The minimum atomic E-state index is -4.21. The molecule has 5 nitrogen and oxygen atoms in total.